The Labute approximate surface area is 167 Å². The summed E-state index contributed by atoms with van der Waals surface area (Å²) in [6, 6.07) is -1.52. The van der Waals surface area contributed by atoms with Crippen molar-refractivity contribution in [3.05, 3.63) is 41.0 Å². The quantitative estimate of drug-likeness (QED) is 0.379. The van der Waals surface area contributed by atoms with Crippen molar-refractivity contribution < 1.29 is 45.1 Å². The molecule has 2 amide bonds. The second-order valence-electron chi connectivity index (χ2n) is 7.00. The van der Waals surface area contributed by atoms with Crippen LogP contribution in [0.25, 0.3) is 0 Å². The fourth-order valence-corrected chi connectivity index (χ4v) is 2.15. The van der Waals surface area contributed by atoms with Crippen LogP contribution in [0.15, 0.2) is 12.2 Å². The maximum atomic E-state index is 14.0. The molecule has 1 aromatic rings. The van der Waals surface area contributed by atoms with E-state index in [1.165, 1.54) is 38.2 Å². The van der Waals surface area contributed by atoms with Crippen molar-refractivity contribution in [3.63, 3.8) is 0 Å². The van der Waals surface area contributed by atoms with Crippen LogP contribution >= 0.6 is 0 Å². The van der Waals surface area contributed by atoms with Crippen LogP contribution in [0.4, 0.5) is 41.2 Å². The van der Waals surface area contributed by atoms with Gasteiger partial charge < -0.3 is 15.4 Å². The summed E-state index contributed by atoms with van der Waals surface area (Å²) in [7, 11) is 0. The van der Waals surface area contributed by atoms with Gasteiger partial charge in [0.15, 0.2) is 23.3 Å². The van der Waals surface area contributed by atoms with Gasteiger partial charge in [0.25, 0.3) is 0 Å². The molecule has 0 heterocycles. The van der Waals surface area contributed by atoms with Gasteiger partial charge in [0.1, 0.15) is 22.9 Å². The van der Waals surface area contributed by atoms with Crippen LogP contribution < -0.4 is 10.6 Å². The Morgan fingerprint density at radius 3 is 1.90 bits per heavy atom. The molecule has 1 rings (SSSR count). The molecule has 0 radical (unpaired) electrons. The first-order valence-electron chi connectivity index (χ1n) is 8.44. The predicted molar refractivity (Wildman–Crippen MR) is 92.5 cm³/mol. The van der Waals surface area contributed by atoms with E-state index in [-0.39, 0.29) is 6.42 Å². The average Bonchev–Trinajstić information content (AvgIpc) is 2.57. The van der Waals surface area contributed by atoms with E-state index in [9.17, 15) is 40.3 Å². The second-order valence-corrected chi connectivity index (χ2v) is 7.00. The smallest absolute Gasteiger partial charge is 0.422 e. The lowest BCUT2D eigenvalue weighted by Crippen LogP contribution is -2.45. The van der Waals surface area contributed by atoms with Gasteiger partial charge in [0.05, 0.1) is 0 Å². The number of halogens is 7. The number of carbonyl (C=O) groups excluding carboxylic acids is 2. The van der Waals surface area contributed by atoms with Crippen molar-refractivity contribution in [2.24, 2.45) is 0 Å². The van der Waals surface area contributed by atoms with Gasteiger partial charge in [-0.2, -0.15) is 13.2 Å². The molecule has 0 spiro atoms. The van der Waals surface area contributed by atoms with E-state index in [4.69, 9.17) is 4.74 Å². The minimum atomic E-state index is -5.72. The highest BCUT2D eigenvalue weighted by molar-refractivity contribution is 5.97. The number of alkyl halides is 3. The van der Waals surface area contributed by atoms with Gasteiger partial charge in [0, 0.05) is 0 Å². The lowest BCUT2D eigenvalue weighted by atomic mass is 10.1. The molecule has 0 fully saturated rings. The summed E-state index contributed by atoms with van der Waals surface area (Å²) in [5.74, 6) is -11.7. The molecule has 1 aromatic carbocycles. The third kappa shape index (κ3) is 6.36. The van der Waals surface area contributed by atoms with Crippen LogP contribution in [0.5, 0.6) is 0 Å². The number of carbonyl (C=O) groups is 2. The van der Waals surface area contributed by atoms with E-state index in [2.05, 4.69) is 5.32 Å². The Balaban J connectivity index is 3.25. The van der Waals surface area contributed by atoms with Crippen molar-refractivity contribution in [1.29, 1.82) is 0 Å². The topological polar surface area (TPSA) is 67.4 Å². The molecule has 0 aliphatic rings. The minimum Gasteiger partial charge on any atom is -0.444 e. The molecule has 0 aliphatic carbocycles. The average molecular weight is 444 g/mol. The van der Waals surface area contributed by atoms with Gasteiger partial charge in [-0.3, -0.25) is 4.79 Å². The van der Waals surface area contributed by atoms with Gasteiger partial charge in [-0.15, -0.1) is 0 Å². The highest BCUT2D eigenvalue weighted by atomic mass is 19.4. The molecule has 30 heavy (non-hydrogen) atoms. The molecule has 0 unspecified atom stereocenters. The van der Waals surface area contributed by atoms with Gasteiger partial charge in [-0.05, 0) is 34.1 Å². The number of rotatable bonds is 5. The molecular weight excluding hydrogens is 425 g/mol. The van der Waals surface area contributed by atoms with Crippen LogP contribution in [0.2, 0.25) is 0 Å². The molecular formula is C18H19F7N2O3. The Morgan fingerprint density at radius 1 is 1.00 bits per heavy atom. The number of benzene rings is 1. The third-order valence-corrected chi connectivity index (χ3v) is 3.41. The van der Waals surface area contributed by atoms with E-state index >= 15 is 0 Å². The van der Waals surface area contributed by atoms with Crippen molar-refractivity contribution >= 4 is 17.7 Å². The predicted octanol–water partition coefficient (Wildman–Crippen LogP) is 5.06. The molecule has 2 N–H and O–H groups in total. The number of ether oxygens (including phenoxy) is 1. The van der Waals surface area contributed by atoms with Crippen LogP contribution in [0, 0.1) is 23.3 Å². The molecule has 0 aromatic heterocycles. The Morgan fingerprint density at radius 2 is 1.50 bits per heavy atom. The number of alkyl carbamates (subject to hydrolysis) is 1. The lowest BCUT2D eigenvalue weighted by molar-refractivity contribution is -0.143. The van der Waals surface area contributed by atoms with Crippen LogP contribution in [0.1, 0.15) is 39.7 Å². The molecule has 168 valence electrons. The van der Waals surface area contributed by atoms with E-state index < -0.39 is 64.3 Å². The molecule has 0 aliphatic heterocycles. The standard InChI is InChI=1S/C18H19F7N2O3/c1-5-6-7-8(26-16(29)30-17(2,3)4)15(28)27-14-12(21)10(19)9(18(23,24)25)11(20)13(14)22/h5-6,8H,7H2,1-4H3,(H,26,29)(H,27,28)/b6-5+/t8-/m0/s1. The van der Waals surface area contributed by atoms with E-state index in [0.29, 0.717) is 0 Å². The second kappa shape index (κ2) is 9.35. The van der Waals surface area contributed by atoms with Crippen LogP contribution in [-0.2, 0) is 15.7 Å². The first kappa shape index (κ1) is 25.2. The molecule has 12 heteroatoms. The fourth-order valence-electron chi connectivity index (χ4n) is 2.15. The zero-order valence-electron chi connectivity index (χ0n) is 16.3. The van der Waals surface area contributed by atoms with E-state index in [0.717, 1.165) is 0 Å². The monoisotopic (exact) mass is 444 g/mol. The van der Waals surface area contributed by atoms with Crippen molar-refractivity contribution in [3.8, 4) is 0 Å². The summed E-state index contributed by atoms with van der Waals surface area (Å²) in [6.45, 7) is 6.12. The Hall–Kier alpha value is -2.79. The van der Waals surface area contributed by atoms with Gasteiger partial charge in [-0.25, -0.2) is 22.4 Å². The van der Waals surface area contributed by atoms with Crippen molar-refractivity contribution in [2.45, 2.75) is 51.9 Å². The van der Waals surface area contributed by atoms with E-state index in [1.807, 2.05) is 0 Å². The third-order valence-electron chi connectivity index (χ3n) is 3.41. The molecule has 0 saturated carbocycles. The van der Waals surface area contributed by atoms with Crippen LogP contribution in [-0.4, -0.2) is 23.6 Å². The number of hydrogen-bond donors (Lipinski definition) is 2. The summed E-state index contributed by atoms with van der Waals surface area (Å²) < 4.78 is 98.2. The molecule has 1 atom stereocenters. The normalized spacial score (nSPS) is 13.3. The molecule has 0 saturated heterocycles. The molecule has 0 bridgehead atoms. The summed E-state index contributed by atoms with van der Waals surface area (Å²) in [6.07, 6.45) is -4.18. The van der Waals surface area contributed by atoms with Crippen LogP contribution in [0.3, 0.4) is 0 Å². The number of anilines is 1. The van der Waals surface area contributed by atoms with Gasteiger partial charge in [0.2, 0.25) is 5.91 Å². The SMILES string of the molecule is C/C=C/C[C@H](NC(=O)OC(C)(C)C)C(=O)Nc1c(F)c(F)c(C(F)(F)F)c(F)c1F. The summed E-state index contributed by atoms with van der Waals surface area (Å²) in [5, 5.41) is 3.57. The Kier molecular flexibility index (Phi) is 7.87. The van der Waals surface area contributed by atoms with Crippen molar-refractivity contribution in [2.75, 3.05) is 5.32 Å². The lowest BCUT2D eigenvalue weighted by Gasteiger charge is -2.23. The minimum absolute atomic E-state index is 0.226. The summed E-state index contributed by atoms with van der Waals surface area (Å²) >= 11 is 0. The maximum Gasteiger partial charge on any atom is 0.422 e. The largest absolute Gasteiger partial charge is 0.444 e. The first-order chi connectivity index (χ1) is 13.6. The number of amides is 2. The summed E-state index contributed by atoms with van der Waals surface area (Å²) in [4.78, 5) is 24.2. The number of allylic oxidation sites excluding steroid dienone is 1. The molecule has 5 nitrogen and oxygen atoms in total. The van der Waals surface area contributed by atoms with Gasteiger partial charge in [-0.1, -0.05) is 12.2 Å². The zero-order valence-corrected chi connectivity index (χ0v) is 16.3. The Bertz CT molecular complexity index is 817. The number of nitrogens with one attached hydrogen (secondary N) is 2. The zero-order chi connectivity index (χ0) is 23.4. The fraction of sp³-hybridized carbons (Fsp3) is 0.444. The van der Waals surface area contributed by atoms with E-state index in [1.54, 1.807) is 6.92 Å². The highest BCUT2D eigenvalue weighted by Gasteiger charge is 2.42. The highest BCUT2D eigenvalue weighted by Crippen LogP contribution is 2.38. The first-order valence-corrected chi connectivity index (χ1v) is 8.44. The number of hydrogen-bond acceptors (Lipinski definition) is 3. The van der Waals surface area contributed by atoms with Gasteiger partial charge >= 0.3 is 12.3 Å². The summed E-state index contributed by atoms with van der Waals surface area (Å²) in [5.41, 5.74) is -5.49. The maximum absolute atomic E-state index is 14.0. The van der Waals surface area contributed by atoms with Crippen molar-refractivity contribution in [1.82, 2.24) is 5.32 Å².